The SMILES string of the molecule is CCCC[C@H](N)C(=O)N(C)Cc1cn[nH]c1. The van der Waals surface area contributed by atoms with Crippen LogP contribution in [-0.4, -0.2) is 34.1 Å². The number of rotatable bonds is 6. The van der Waals surface area contributed by atoms with Gasteiger partial charge in [-0.1, -0.05) is 19.8 Å². The molecule has 1 amide bonds. The van der Waals surface area contributed by atoms with E-state index in [1.54, 1.807) is 24.3 Å². The van der Waals surface area contributed by atoms with E-state index in [1.807, 2.05) is 0 Å². The minimum Gasteiger partial charge on any atom is -0.340 e. The molecule has 0 saturated heterocycles. The van der Waals surface area contributed by atoms with Crippen molar-refractivity contribution in [2.24, 2.45) is 5.73 Å². The fraction of sp³-hybridized carbons (Fsp3) is 0.636. The van der Waals surface area contributed by atoms with Crippen LogP contribution in [0.3, 0.4) is 0 Å². The van der Waals surface area contributed by atoms with Gasteiger partial charge in [-0.2, -0.15) is 5.10 Å². The van der Waals surface area contributed by atoms with E-state index in [-0.39, 0.29) is 11.9 Å². The van der Waals surface area contributed by atoms with Gasteiger partial charge in [-0.25, -0.2) is 0 Å². The molecule has 0 aliphatic heterocycles. The smallest absolute Gasteiger partial charge is 0.239 e. The van der Waals surface area contributed by atoms with Crippen molar-refractivity contribution < 1.29 is 4.79 Å². The van der Waals surface area contributed by atoms with Crippen LogP contribution in [-0.2, 0) is 11.3 Å². The number of hydrogen-bond donors (Lipinski definition) is 2. The maximum Gasteiger partial charge on any atom is 0.239 e. The maximum atomic E-state index is 11.8. The molecule has 0 unspecified atom stereocenters. The Balaban J connectivity index is 2.41. The van der Waals surface area contributed by atoms with Gasteiger partial charge in [-0.05, 0) is 6.42 Å². The molecule has 3 N–H and O–H groups in total. The van der Waals surface area contributed by atoms with Gasteiger partial charge < -0.3 is 10.6 Å². The summed E-state index contributed by atoms with van der Waals surface area (Å²) in [7, 11) is 1.77. The Kier molecular flexibility index (Phi) is 4.98. The zero-order valence-corrected chi connectivity index (χ0v) is 9.94. The lowest BCUT2D eigenvalue weighted by atomic mass is 10.1. The summed E-state index contributed by atoms with van der Waals surface area (Å²) in [6.45, 7) is 2.64. The van der Waals surface area contributed by atoms with E-state index in [0.29, 0.717) is 6.54 Å². The van der Waals surface area contributed by atoms with Crippen LogP contribution >= 0.6 is 0 Å². The number of aromatic amines is 1. The zero-order valence-electron chi connectivity index (χ0n) is 9.94. The summed E-state index contributed by atoms with van der Waals surface area (Å²) in [6, 6.07) is -0.378. The van der Waals surface area contributed by atoms with Gasteiger partial charge in [0.05, 0.1) is 12.2 Å². The molecule has 1 heterocycles. The Morgan fingerprint density at radius 2 is 2.44 bits per heavy atom. The second-order valence-corrected chi connectivity index (χ2v) is 4.05. The minimum absolute atomic E-state index is 0.00495. The first-order valence-electron chi connectivity index (χ1n) is 5.63. The summed E-state index contributed by atoms with van der Waals surface area (Å²) in [5.41, 5.74) is 6.80. The third-order valence-corrected chi connectivity index (χ3v) is 2.54. The molecular weight excluding hydrogens is 204 g/mol. The van der Waals surface area contributed by atoms with Crippen LogP contribution in [0.1, 0.15) is 31.7 Å². The zero-order chi connectivity index (χ0) is 12.0. The lowest BCUT2D eigenvalue weighted by Gasteiger charge is -2.20. The molecule has 90 valence electrons. The van der Waals surface area contributed by atoms with Crippen molar-refractivity contribution >= 4 is 5.91 Å². The van der Waals surface area contributed by atoms with Crippen molar-refractivity contribution in [1.29, 1.82) is 0 Å². The molecule has 0 bridgehead atoms. The lowest BCUT2D eigenvalue weighted by Crippen LogP contribution is -2.41. The molecule has 5 nitrogen and oxygen atoms in total. The molecule has 1 aromatic heterocycles. The van der Waals surface area contributed by atoms with E-state index in [0.717, 1.165) is 24.8 Å². The van der Waals surface area contributed by atoms with Crippen LogP contribution in [0, 0.1) is 0 Å². The highest BCUT2D eigenvalue weighted by molar-refractivity contribution is 5.81. The summed E-state index contributed by atoms with van der Waals surface area (Å²) in [4.78, 5) is 13.5. The molecule has 0 saturated carbocycles. The van der Waals surface area contributed by atoms with Crippen molar-refractivity contribution in [2.45, 2.75) is 38.8 Å². The summed E-state index contributed by atoms with van der Waals surface area (Å²) in [6.07, 6.45) is 6.30. The number of carbonyl (C=O) groups excluding carboxylic acids is 1. The van der Waals surface area contributed by atoms with E-state index in [9.17, 15) is 4.79 Å². The number of amides is 1. The molecule has 0 aliphatic carbocycles. The maximum absolute atomic E-state index is 11.8. The molecule has 1 aromatic rings. The van der Waals surface area contributed by atoms with Crippen molar-refractivity contribution in [1.82, 2.24) is 15.1 Å². The first-order valence-corrected chi connectivity index (χ1v) is 5.63. The Labute approximate surface area is 96.0 Å². The minimum atomic E-state index is -0.378. The number of unbranched alkanes of at least 4 members (excludes halogenated alkanes) is 1. The number of hydrogen-bond acceptors (Lipinski definition) is 3. The molecular formula is C11H20N4O. The van der Waals surface area contributed by atoms with Gasteiger partial charge in [-0.15, -0.1) is 0 Å². The van der Waals surface area contributed by atoms with E-state index in [2.05, 4.69) is 17.1 Å². The van der Waals surface area contributed by atoms with Crippen molar-refractivity contribution in [3.8, 4) is 0 Å². The van der Waals surface area contributed by atoms with E-state index in [4.69, 9.17) is 5.73 Å². The summed E-state index contributed by atoms with van der Waals surface area (Å²) in [5.74, 6) is -0.00495. The van der Waals surface area contributed by atoms with E-state index >= 15 is 0 Å². The van der Waals surface area contributed by atoms with Gasteiger partial charge in [0.2, 0.25) is 5.91 Å². The predicted molar refractivity (Wildman–Crippen MR) is 62.6 cm³/mol. The average molecular weight is 224 g/mol. The summed E-state index contributed by atoms with van der Waals surface area (Å²) in [5, 5.41) is 6.55. The van der Waals surface area contributed by atoms with Crippen molar-refractivity contribution in [3.63, 3.8) is 0 Å². The van der Waals surface area contributed by atoms with E-state index < -0.39 is 0 Å². The summed E-state index contributed by atoms with van der Waals surface area (Å²) >= 11 is 0. The number of nitrogens with zero attached hydrogens (tertiary/aromatic N) is 2. The van der Waals surface area contributed by atoms with Gasteiger partial charge in [0.25, 0.3) is 0 Å². The second kappa shape index (κ2) is 6.27. The molecule has 0 aliphatic rings. The number of H-pyrrole nitrogens is 1. The Morgan fingerprint density at radius 1 is 1.69 bits per heavy atom. The van der Waals surface area contributed by atoms with Gasteiger partial charge in [-0.3, -0.25) is 9.89 Å². The van der Waals surface area contributed by atoms with Crippen LogP contribution < -0.4 is 5.73 Å². The fourth-order valence-electron chi connectivity index (χ4n) is 1.55. The van der Waals surface area contributed by atoms with Crippen LogP contribution in [0.15, 0.2) is 12.4 Å². The standard InChI is InChI=1S/C11H20N4O/c1-3-4-5-10(12)11(16)15(2)8-9-6-13-14-7-9/h6-7,10H,3-5,8,12H2,1-2H3,(H,13,14)/t10-/m0/s1. The van der Waals surface area contributed by atoms with Gasteiger partial charge in [0, 0.05) is 25.4 Å². The van der Waals surface area contributed by atoms with Crippen LogP contribution in [0.25, 0.3) is 0 Å². The molecule has 16 heavy (non-hydrogen) atoms. The monoisotopic (exact) mass is 224 g/mol. The topological polar surface area (TPSA) is 75.0 Å². The lowest BCUT2D eigenvalue weighted by molar-refractivity contribution is -0.132. The number of carbonyl (C=O) groups is 1. The predicted octanol–water partition coefficient (Wildman–Crippen LogP) is 0.886. The highest BCUT2D eigenvalue weighted by atomic mass is 16.2. The molecule has 5 heteroatoms. The molecule has 1 rings (SSSR count). The Hall–Kier alpha value is -1.36. The quantitative estimate of drug-likeness (QED) is 0.753. The van der Waals surface area contributed by atoms with Gasteiger partial charge in [0.1, 0.15) is 0 Å². The van der Waals surface area contributed by atoms with Crippen LogP contribution in [0.4, 0.5) is 0 Å². The third-order valence-electron chi connectivity index (χ3n) is 2.54. The average Bonchev–Trinajstić information content (AvgIpc) is 2.77. The Bertz CT molecular complexity index is 310. The fourth-order valence-corrected chi connectivity index (χ4v) is 1.55. The van der Waals surface area contributed by atoms with E-state index in [1.165, 1.54) is 0 Å². The summed E-state index contributed by atoms with van der Waals surface area (Å²) < 4.78 is 0. The van der Waals surface area contributed by atoms with Crippen molar-refractivity contribution in [2.75, 3.05) is 7.05 Å². The van der Waals surface area contributed by atoms with Crippen LogP contribution in [0.5, 0.6) is 0 Å². The number of nitrogens with two attached hydrogens (primary N) is 1. The molecule has 1 atom stereocenters. The highest BCUT2D eigenvalue weighted by Gasteiger charge is 2.17. The Morgan fingerprint density at radius 3 is 3.00 bits per heavy atom. The normalized spacial score (nSPS) is 12.4. The van der Waals surface area contributed by atoms with Crippen LogP contribution in [0.2, 0.25) is 0 Å². The number of likely N-dealkylation sites (N-methyl/N-ethyl adjacent to an activating group) is 1. The highest BCUT2D eigenvalue weighted by Crippen LogP contribution is 2.05. The molecule has 0 radical (unpaired) electrons. The van der Waals surface area contributed by atoms with Gasteiger partial charge >= 0.3 is 0 Å². The molecule has 0 fully saturated rings. The second-order valence-electron chi connectivity index (χ2n) is 4.05. The largest absolute Gasteiger partial charge is 0.340 e. The third kappa shape index (κ3) is 3.66. The number of nitrogens with one attached hydrogen (secondary N) is 1. The molecule has 0 spiro atoms. The van der Waals surface area contributed by atoms with Gasteiger partial charge in [0.15, 0.2) is 0 Å². The molecule has 0 aromatic carbocycles. The first kappa shape index (κ1) is 12.7. The van der Waals surface area contributed by atoms with Crippen molar-refractivity contribution in [3.05, 3.63) is 18.0 Å². The number of aromatic nitrogens is 2. The first-order chi connectivity index (χ1) is 7.65.